The molecular weight excluding hydrogens is 304 g/mol. The van der Waals surface area contributed by atoms with Gasteiger partial charge in [0, 0.05) is 35.3 Å². The Morgan fingerprint density at radius 2 is 2.24 bits per heavy atom. The first kappa shape index (κ1) is 18.5. The van der Waals surface area contributed by atoms with Gasteiger partial charge in [-0.3, -0.25) is 4.79 Å². The van der Waals surface area contributed by atoms with Gasteiger partial charge in [-0.2, -0.15) is 0 Å². The van der Waals surface area contributed by atoms with Crippen LogP contribution in [0.1, 0.15) is 42.4 Å². The third kappa shape index (κ3) is 4.97. The van der Waals surface area contributed by atoms with Crippen molar-refractivity contribution < 1.29 is 4.79 Å². The zero-order valence-corrected chi connectivity index (χ0v) is 14.6. The number of carbonyl (C=O) groups excluding carboxylic acids is 1. The SMILES string of the molecule is Cc1ccc(CCCC(=O)N2CCCC(C)C2CN)s1.Cl. The number of carbonyl (C=O) groups is 1. The number of thiophene rings is 1. The predicted molar refractivity (Wildman–Crippen MR) is 92.2 cm³/mol. The van der Waals surface area contributed by atoms with Crippen LogP contribution in [0, 0.1) is 12.8 Å². The normalized spacial score (nSPS) is 22.0. The Balaban J connectivity index is 0.00000220. The van der Waals surface area contributed by atoms with Crippen molar-refractivity contribution in [2.45, 2.75) is 52.0 Å². The third-order valence-electron chi connectivity index (χ3n) is 4.29. The minimum Gasteiger partial charge on any atom is -0.338 e. The zero-order valence-electron chi connectivity index (χ0n) is 13.0. The molecule has 0 aliphatic carbocycles. The third-order valence-corrected chi connectivity index (χ3v) is 5.35. The Hall–Kier alpha value is -0.580. The summed E-state index contributed by atoms with van der Waals surface area (Å²) in [5.74, 6) is 0.831. The van der Waals surface area contributed by atoms with E-state index < -0.39 is 0 Å². The molecule has 1 aromatic rings. The molecule has 21 heavy (non-hydrogen) atoms. The summed E-state index contributed by atoms with van der Waals surface area (Å²) in [6, 6.07) is 4.58. The summed E-state index contributed by atoms with van der Waals surface area (Å²) < 4.78 is 0. The second-order valence-corrected chi connectivity index (χ2v) is 7.25. The van der Waals surface area contributed by atoms with E-state index in [4.69, 9.17) is 5.73 Å². The molecule has 5 heteroatoms. The quantitative estimate of drug-likeness (QED) is 0.899. The lowest BCUT2D eigenvalue weighted by atomic mass is 9.90. The van der Waals surface area contributed by atoms with Crippen molar-refractivity contribution >= 4 is 29.7 Å². The predicted octanol–water partition coefficient (Wildman–Crippen LogP) is 3.39. The summed E-state index contributed by atoms with van der Waals surface area (Å²) in [7, 11) is 0. The van der Waals surface area contributed by atoms with E-state index >= 15 is 0 Å². The van der Waals surface area contributed by atoms with Gasteiger partial charge in [0.2, 0.25) is 5.91 Å². The minimum absolute atomic E-state index is 0. The summed E-state index contributed by atoms with van der Waals surface area (Å²) in [6.07, 6.45) is 4.93. The Labute approximate surface area is 138 Å². The molecule has 3 nitrogen and oxygen atoms in total. The Bertz CT molecular complexity index is 449. The van der Waals surface area contributed by atoms with Crippen LogP contribution in [0.15, 0.2) is 12.1 Å². The van der Waals surface area contributed by atoms with Crippen LogP contribution in [-0.4, -0.2) is 29.9 Å². The first-order valence-electron chi connectivity index (χ1n) is 7.66. The summed E-state index contributed by atoms with van der Waals surface area (Å²) in [6.45, 7) is 5.83. The average Bonchev–Trinajstić information content (AvgIpc) is 2.84. The first-order chi connectivity index (χ1) is 9.61. The maximum absolute atomic E-state index is 12.4. The number of halogens is 1. The highest BCUT2D eigenvalue weighted by Crippen LogP contribution is 2.24. The highest BCUT2D eigenvalue weighted by atomic mass is 35.5. The molecule has 2 unspecified atom stereocenters. The molecule has 2 rings (SSSR count). The molecule has 1 saturated heterocycles. The van der Waals surface area contributed by atoms with E-state index in [1.807, 2.05) is 16.2 Å². The summed E-state index contributed by atoms with van der Waals surface area (Å²) in [5, 5.41) is 0. The largest absolute Gasteiger partial charge is 0.338 e. The number of nitrogens with two attached hydrogens (primary N) is 1. The fourth-order valence-corrected chi connectivity index (χ4v) is 4.03. The van der Waals surface area contributed by atoms with E-state index in [2.05, 4.69) is 26.0 Å². The second-order valence-electron chi connectivity index (χ2n) is 5.88. The van der Waals surface area contributed by atoms with Crippen molar-refractivity contribution in [1.29, 1.82) is 0 Å². The van der Waals surface area contributed by atoms with Gasteiger partial charge in [-0.1, -0.05) is 6.92 Å². The number of hydrogen-bond donors (Lipinski definition) is 1. The lowest BCUT2D eigenvalue weighted by Gasteiger charge is -2.39. The highest BCUT2D eigenvalue weighted by molar-refractivity contribution is 7.11. The van der Waals surface area contributed by atoms with Gasteiger partial charge in [0.15, 0.2) is 0 Å². The van der Waals surface area contributed by atoms with E-state index in [1.54, 1.807) is 0 Å². The van der Waals surface area contributed by atoms with Crippen molar-refractivity contribution in [3.63, 3.8) is 0 Å². The van der Waals surface area contributed by atoms with Crippen LogP contribution < -0.4 is 5.73 Å². The molecule has 2 N–H and O–H groups in total. The number of likely N-dealkylation sites (tertiary alicyclic amines) is 1. The summed E-state index contributed by atoms with van der Waals surface area (Å²) >= 11 is 1.84. The van der Waals surface area contributed by atoms with E-state index in [9.17, 15) is 4.79 Å². The number of hydrogen-bond acceptors (Lipinski definition) is 3. The molecule has 0 aromatic carbocycles. The van der Waals surface area contributed by atoms with Gasteiger partial charge in [-0.05, 0) is 50.7 Å². The maximum atomic E-state index is 12.4. The van der Waals surface area contributed by atoms with Crippen LogP contribution >= 0.6 is 23.7 Å². The molecule has 2 atom stereocenters. The molecule has 0 spiro atoms. The van der Waals surface area contributed by atoms with Crippen LogP contribution in [0.4, 0.5) is 0 Å². The van der Waals surface area contributed by atoms with Crippen molar-refractivity contribution in [1.82, 2.24) is 4.90 Å². The molecule has 0 bridgehead atoms. The van der Waals surface area contributed by atoms with Gasteiger partial charge in [-0.25, -0.2) is 0 Å². The molecule has 1 aliphatic rings. The van der Waals surface area contributed by atoms with E-state index in [0.29, 0.717) is 24.8 Å². The number of aryl methyl sites for hydroxylation is 2. The van der Waals surface area contributed by atoms with Crippen LogP contribution in [0.5, 0.6) is 0 Å². The molecule has 2 heterocycles. The minimum atomic E-state index is 0. The Morgan fingerprint density at radius 1 is 1.48 bits per heavy atom. The molecule has 1 aromatic heterocycles. The zero-order chi connectivity index (χ0) is 14.5. The smallest absolute Gasteiger partial charge is 0.222 e. The van der Waals surface area contributed by atoms with Gasteiger partial charge in [0.05, 0.1) is 0 Å². The molecule has 0 saturated carbocycles. The highest BCUT2D eigenvalue weighted by Gasteiger charge is 2.30. The van der Waals surface area contributed by atoms with Gasteiger partial charge >= 0.3 is 0 Å². The number of nitrogens with zero attached hydrogens (tertiary/aromatic N) is 1. The molecule has 1 aliphatic heterocycles. The lowest BCUT2D eigenvalue weighted by Crippen LogP contribution is -2.51. The first-order valence-corrected chi connectivity index (χ1v) is 8.48. The van der Waals surface area contributed by atoms with Crippen LogP contribution in [0.2, 0.25) is 0 Å². The van der Waals surface area contributed by atoms with Crippen molar-refractivity contribution in [2.75, 3.05) is 13.1 Å². The van der Waals surface area contributed by atoms with Crippen molar-refractivity contribution in [3.05, 3.63) is 21.9 Å². The van der Waals surface area contributed by atoms with Crippen molar-refractivity contribution in [2.24, 2.45) is 11.7 Å². The number of piperidine rings is 1. The summed E-state index contributed by atoms with van der Waals surface area (Å²) in [5.41, 5.74) is 5.85. The monoisotopic (exact) mass is 330 g/mol. The van der Waals surface area contributed by atoms with Gasteiger partial charge in [0.25, 0.3) is 0 Å². The van der Waals surface area contributed by atoms with Gasteiger partial charge in [-0.15, -0.1) is 23.7 Å². The number of rotatable bonds is 5. The topological polar surface area (TPSA) is 46.3 Å². The standard InChI is InChI=1S/C16H26N2OS.ClH/c1-12-5-4-10-18(15(12)11-17)16(19)7-3-6-14-9-8-13(2)20-14;/h8-9,12,15H,3-7,10-11,17H2,1-2H3;1H. The average molecular weight is 331 g/mol. The molecule has 0 radical (unpaired) electrons. The van der Waals surface area contributed by atoms with Gasteiger partial charge < -0.3 is 10.6 Å². The molecule has 1 fully saturated rings. The molecule has 1 amide bonds. The number of amides is 1. The Morgan fingerprint density at radius 3 is 2.86 bits per heavy atom. The fraction of sp³-hybridized carbons (Fsp3) is 0.688. The van der Waals surface area contributed by atoms with Crippen LogP contribution in [-0.2, 0) is 11.2 Å². The van der Waals surface area contributed by atoms with E-state index in [1.165, 1.54) is 16.2 Å². The Kier molecular flexibility index (Phi) is 7.71. The molecule has 120 valence electrons. The van der Waals surface area contributed by atoms with Crippen molar-refractivity contribution in [3.8, 4) is 0 Å². The fourth-order valence-electron chi connectivity index (χ4n) is 3.10. The molecular formula is C16H27ClN2OS. The van der Waals surface area contributed by atoms with Crippen LogP contribution in [0.3, 0.4) is 0 Å². The van der Waals surface area contributed by atoms with Crippen LogP contribution in [0.25, 0.3) is 0 Å². The second kappa shape index (κ2) is 8.76. The van der Waals surface area contributed by atoms with E-state index in [0.717, 1.165) is 25.8 Å². The maximum Gasteiger partial charge on any atom is 0.222 e. The van der Waals surface area contributed by atoms with E-state index in [-0.39, 0.29) is 18.4 Å². The lowest BCUT2D eigenvalue weighted by molar-refractivity contribution is -0.136. The summed E-state index contributed by atoms with van der Waals surface area (Å²) in [4.78, 5) is 17.2. The van der Waals surface area contributed by atoms with Gasteiger partial charge in [0.1, 0.15) is 0 Å².